The van der Waals surface area contributed by atoms with Crippen LogP contribution in [0.4, 0.5) is 0 Å². The van der Waals surface area contributed by atoms with Crippen LogP contribution < -0.4 is 14.8 Å². The molecule has 0 spiro atoms. The van der Waals surface area contributed by atoms with Gasteiger partial charge in [0.05, 0.1) is 19.5 Å². The predicted octanol–water partition coefficient (Wildman–Crippen LogP) is 4.93. The van der Waals surface area contributed by atoms with Crippen LogP contribution in [0.1, 0.15) is 30.6 Å². The number of thiophene rings is 1. The van der Waals surface area contributed by atoms with Crippen molar-refractivity contribution in [3.05, 3.63) is 52.9 Å². The Morgan fingerprint density at radius 2 is 2.00 bits per heavy atom. The van der Waals surface area contributed by atoms with Crippen molar-refractivity contribution in [1.29, 1.82) is 0 Å². The maximum Gasteiger partial charge on any atom is 0.234 e. The molecule has 1 aliphatic heterocycles. The van der Waals surface area contributed by atoms with Gasteiger partial charge in [0.15, 0.2) is 0 Å². The summed E-state index contributed by atoms with van der Waals surface area (Å²) in [4.78, 5) is 16.8. The lowest BCUT2D eigenvalue weighted by Gasteiger charge is -2.25. The summed E-state index contributed by atoms with van der Waals surface area (Å²) in [6, 6.07) is 9.84. The van der Waals surface area contributed by atoms with Crippen molar-refractivity contribution in [2.75, 3.05) is 32.6 Å². The zero-order chi connectivity index (χ0) is 21.0. The fraction of sp³-hybridized carbons (Fsp3) is 0.435. The van der Waals surface area contributed by atoms with Crippen molar-refractivity contribution in [2.24, 2.45) is 0 Å². The standard InChI is InChI=1S/C23H30N2O3S2/c1-27-19-7-9-21(10-8-19)30-18-23(26)24-11-3-6-14-28-20-15-22(29-17-20)16-25-12-4-2-5-13-25/h3,7-11,15,17H,2,4-6,12-14,16,18H2,1H3,(H,24,26)/b11-3-. The van der Waals surface area contributed by atoms with Gasteiger partial charge in [-0.1, -0.05) is 12.5 Å². The summed E-state index contributed by atoms with van der Waals surface area (Å²) in [7, 11) is 1.64. The summed E-state index contributed by atoms with van der Waals surface area (Å²) in [6.45, 7) is 4.06. The van der Waals surface area contributed by atoms with E-state index in [0.29, 0.717) is 12.4 Å². The van der Waals surface area contributed by atoms with E-state index in [0.717, 1.165) is 29.4 Å². The summed E-state index contributed by atoms with van der Waals surface area (Å²) in [5, 5.41) is 4.88. The maximum absolute atomic E-state index is 11.9. The van der Waals surface area contributed by atoms with Gasteiger partial charge in [-0.25, -0.2) is 0 Å². The summed E-state index contributed by atoms with van der Waals surface area (Å²) in [6.07, 6.45) is 8.39. The molecule has 5 nitrogen and oxygen atoms in total. The van der Waals surface area contributed by atoms with Gasteiger partial charge < -0.3 is 14.8 Å². The lowest BCUT2D eigenvalue weighted by molar-refractivity contribution is -0.117. The van der Waals surface area contributed by atoms with E-state index in [4.69, 9.17) is 9.47 Å². The molecule has 3 rings (SSSR count). The number of benzene rings is 1. The first-order valence-electron chi connectivity index (χ1n) is 10.4. The number of likely N-dealkylation sites (tertiary alicyclic amines) is 1. The minimum atomic E-state index is -0.0202. The highest BCUT2D eigenvalue weighted by atomic mass is 32.2. The Morgan fingerprint density at radius 1 is 1.20 bits per heavy atom. The molecule has 1 amide bonds. The summed E-state index contributed by atoms with van der Waals surface area (Å²) < 4.78 is 11.0. The average molecular weight is 447 g/mol. The molecule has 1 N–H and O–H groups in total. The lowest BCUT2D eigenvalue weighted by Crippen LogP contribution is -2.28. The van der Waals surface area contributed by atoms with Crippen LogP contribution in [0, 0.1) is 0 Å². The van der Waals surface area contributed by atoms with Crippen LogP contribution in [0.3, 0.4) is 0 Å². The van der Waals surface area contributed by atoms with Gasteiger partial charge in [0, 0.05) is 28.1 Å². The van der Waals surface area contributed by atoms with Crippen molar-refractivity contribution >= 4 is 29.0 Å². The maximum atomic E-state index is 11.9. The van der Waals surface area contributed by atoms with Crippen LogP contribution in [0.15, 0.2) is 52.9 Å². The number of methoxy groups -OCH3 is 1. The van der Waals surface area contributed by atoms with E-state index in [2.05, 4.69) is 21.7 Å². The van der Waals surface area contributed by atoms with Crippen molar-refractivity contribution in [3.63, 3.8) is 0 Å². The molecule has 1 fully saturated rings. The summed E-state index contributed by atoms with van der Waals surface area (Å²) >= 11 is 3.27. The van der Waals surface area contributed by atoms with E-state index in [1.807, 2.05) is 30.3 Å². The fourth-order valence-corrected chi connectivity index (χ4v) is 4.75. The molecule has 2 heterocycles. The van der Waals surface area contributed by atoms with E-state index in [9.17, 15) is 4.79 Å². The highest BCUT2D eigenvalue weighted by Gasteiger charge is 2.11. The van der Waals surface area contributed by atoms with Gasteiger partial charge in [-0.2, -0.15) is 0 Å². The Morgan fingerprint density at radius 3 is 2.77 bits per heavy atom. The molecule has 0 unspecified atom stereocenters. The third-order valence-electron chi connectivity index (χ3n) is 4.80. The van der Waals surface area contributed by atoms with Gasteiger partial charge in [0.1, 0.15) is 11.5 Å². The van der Waals surface area contributed by atoms with Crippen molar-refractivity contribution in [3.8, 4) is 11.5 Å². The molecular weight excluding hydrogens is 416 g/mol. The van der Waals surface area contributed by atoms with Crippen LogP contribution in [-0.4, -0.2) is 43.4 Å². The van der Waals surface area contributed by atoms with Crippen LogP contribution in [-0.2, 0) is 11.3 Å². The quantitative estimate of drug-likeness (QED) is 0.392. The average Bonchev–Trinajstić information content (AvgIpc) is 3.23. The first-order chi connectivity index (χ1) is 14.7. The zero-order valence-electron chi connectivity index (χ0n) is 17.5. The first-order valence-corrected chi connectivity index (χ1v) is 12.2. The third kappa shape index (κ3) is 8.05. The molecule has 1 aromatic carbocycles. The molecule has 30 heavy (non-hydrogen) atoms. The van der Waals surface area contributed by atoms with Gasteiger partial charge in [0.2, 0.25) is 5.91 Å². The number of carbonyl (C=O) groups is 1. The Hall–Kier alpha value is -1.96. The van der Waals surface area contributed by atoms with Crippen LogP contribution in [0.2, 0.25) is 0 Å². The SMILES string of the molecule is COc1ccc(SCC(=O)N/C=C\CCOc2csc(CN3CCCCC3)c2)cc1. The molecule has 7 heteroatoms. The minimum Gasteiger partial charge on any atom is -0.497 e. The molecule has 162 valence electrons. The predicted molar refractivity (Wildman–Crippen MR) is 125 cm³/mol. The van der Waals surface area contributed by atoms with E-state index < -0.39 is 0 Å². The largest absolute Gasteiger partial charge is 0.497 e. The minimum absolute atomic E-state index is 0.0202. The smallest absolute Gasteiger partial charge is 0.234 e. The highest BCUT2D eigenvalue weighted by Crippen LogP contribution is 2.24. The number of thioether (sulfide) groups is 1. The Bertz CT molecular complexity index is 799. The highest BCUT2D eigenvalue weighted by molar-refractivity contribution is 8.00. The molecule has 1 aromatic heterocycles. The molecule has 0 aliphatic carbocycles. The Balaban J connectivity index is 1.26. The van der Waals surface area contributed by atoms with Crippen molar-refractivity contribution < 1.29 is 14.3 Å². The number of piperidine rings is 1. The second-order valence-corrected chi connectivity index (χ2v) is 9.20. The molecule has 1 aliphatic rings. The molecular formula is C23H30N2O3S2. The number of rotatable bonds is 11. The van der Waals surface area contributed by atoms with Crippen molar-refractivity contribution in [2.45, 2.75) is 37.1 Å². The van der Waals surface area contributed by atoms with E-state index >= 15 is 0 Å². The summed E-state index contributed by atoms with van der Waals surface area (Å²) in [5.74, 6) is 2.12. The van der Waals surface area contributed by atoms with E-state index in [1.54, 1.807) is 24.6 Å². The van der Waals surface area contributed by atoms with Gasteiger partial charge in [-0.3, -0.25) is 9.69 Å². The third-order valence-corrected chi connectivity index (χ3v) is 6.71. The molecule has 0 bridgehead atoms. The molecule has 2 aromatic rings. The molecule has 1 saturated heterocycles. The molecule has 0 atom stereocenters. The number of carbonyl (C=O) groups excluding carboxylic acids is 1. The lowest BCUT2D eigenvalue weighted by atomic mass is 10.1. The molecule has 0 saturated carbocycles. The number of hydrogen-bond acceptors (Lipinski definition) is 6. The summed E-state index contributed by atoms with van der Waals surface area (Å²) in [5.41, 5.74) is 0. The van der Waals surface area contributed by atoms with Gasteiger partial charge in [-0.15, -0.1) is 23.1 Å². The van der Waals surface area contributed by atoms with Gasteiger partial charge >= 0.3 is 0 Å². The molecule has 0 radical (unpaired) electrons. The first kappa shape index (κ1) is 22.7. The van der Waals surface area contributed by atoms with E-state index in [-0.39, 0.29) is 5.91 Å². The van der Waals surface area contributed by atoms with Crippen molar-refractivity contribution in [1.82, 2.24) is 10.2 Å². The number of hydrogen-bond donors (Lipinski definition) is 1. The van der Waals surface area contributed by atoms with Crippen LogP contribution in [0.5, 0.6) is 11.5 Å². The monoisotopic (exact) mass is 446 g/mol. The number of amides is 1. The second-order valence-electron chi connectivity index (χ2n) is 7.16. The van der Waals surface area contributed by atoms with Crippen LogP contribution >= 0.6 is 23.1 Å². The number of nitrogens with zero attached hydrogens (tertiary/aromatic N) is 1. The van der Waals surface area contributed by atoms with Crippen LogP contribution in [0.25, 0.3) is 0 Å². The second kappa shape index (κ2) is 12.7. The Labute approximate surface area is 187 Å². The normalized spacial score (nSPS) is 14.7. The topological polar surface area (TPSA) is 50.8 Å². The number of ether oxygens (including phenoxy) is 2. The van der Waals surface area contributed by atoms with Gasteiger partial charge in [-0.05, 0) is 62.5 Å². The van der Waals surface area contributed by atoms with E-state index in [1.165, 1.54) is 49.0 Å². The number of nitrogens with one attached hydrogen (secondary N) is 1. The zero-order valence-corrected chi connectivity index (χ0v) is 19.1. The van der Waals surface area contributed by atoms with Gasteiger partial charge in [0.25, 0.3) is 0 Å². The Kier molecular flexibility index (Phi) is 9.60. The fourth-order valence-electron chi connectivity index (χ4n) is 3.20.